The van der Waals surface area contributed by atoms with E-state index in [1.54, 1.807) is 0 Å². The second-order valence-electron chi connectivity index (χ2n) is 7.00. The molecule has 1 fully saturated rings. The molecule has 1 heterocycles. The van der Waals surface area contributed by atoms with Crippen molar-refractivity contribution in [2.24, 2.45) is 0 Å². The van der Waals surface area contributed by atoms with Gasteiger partial charge in [-0.15, -0.1) is 0 Å². The molecular weight excluding hydrogens is 338 g/mol. The van der Waals surface area contributed by atoms with Gasteiger partial charge in [-0.05, 0) is 36.2 Å². The maximum atomic E-state index is 5.45. The molecule has 0 aromatic heterocycles. The fraction of sp³-hybridized carbons (Fsp3) is 0.409. The lowest BCUT2D eigenvalue weighted by molar-refractivity contribution is 0.530. The number of thiocarbonyl (C=S) groups is 1. The number of rotatable bonds is 7. The molecule has 4 heteroatoms. The molecule has 1 aliphatic rings. The zero-order valence-electron chi connectivity index (χ0n) is 15.4. The number of unbranched alkanes of at least 4 members (excludes halogenated alkanes) is 1. The lowest BCUT2D eigenvalue weighted by Gasteiger charge is -2.25. The highest BCUT2D eigenvalue weighted by Gasteiger charge is 2.32. The Balaban J connectivity index is 1.66. The van der Waals surface area contributed by atoms with Crippen molar-refractivity contribution in [2.75, 3.05) is 13.1 Å². The van der Waals surface area contributed by atoms with Gasteiger partial charge in [0.1, 0.15) is 0 Å². The normalized spacial score (nSPS) is 19.5. The number of hydrogen-bond donors (Lipinski definition) is 3. The van der Waals surface area contributed by atoms with Crippen molar-refractivity contribution in [2.45, 2.75) is 44.2 Å². The quantitative estimate of drug-likeness (QED) is 0.514. The van der Waals surface area contributed by atoms with E-state index in [0.717, 1.165) is 31.0 Å². The molecule has 0 radical (unpaired) electrons. The molecule has 3 N–H and O–H groups in total. The first kappa shape index (κ1) is 18.9. The van der Waals surface area contributed by atoms with Gasteiger partial charge in [-0.1, -0.05) is 74.0 Å². The molecule has 0 aliphatic carbocycles. The molecule has 2 atom stereocenters. The average molecular weight is 368 g/mol. The van der Waals surface area contributed by atoms with Gasteiger partial charge in [0.2, 0.25) is 0 Å². The smallest absolute Gasteiger partial charge is 0.166 e. The Morgan fingerprint density at radius 3 is 2.27 bits per heavy atom. The molecule has 3 nitrogen and oxygen atoms in total. The molecule has 138 valence electrons. The van der Waals surface area contributed by atoms with Crippen molar-refractivity contribution in [3.8, 4) is 0 Å². The van der Waals surface area contributed by atoms with Gasteiger partial charge in [0, 0.05) is 31.1 Å². The van der Waals surface area contributed by atoms with Crippen LogP contribution in [-0.2, 0) is 0 Å². The molecule has 2 aromatic carbocycles. The first-order chi connectivity index (χ1) is 12.8. The van der Waals surface area contributed by atoms with E-state index in [0.29, 0.717) is 18.0 Å². The lowest BCUT2D eigenvalue weighted by Crippen LogP contribution is -2.43. The van der Waals surface area contributed by atoms with Crippen molar-refractivity contribution in [1.29, 1.82) is 0 Å². The maximum absolute atomic E-state index is 5.45. The van der Waals surface area contributed by atoms with Gasteiger partial charge in [0.05, 0.1) is 0 Å². The Kier molecular flexibility index (Phi) is 7.04. The summed E-state index contributed by atoms with van der Waals surface area (Å²) in [5, 5.41) is 11.3. The summed E-state index contributed by atoms with van der Waals surface area (Å²) < 4.78 is 0. The van der Waals surface area contributed by atoms with Crippen LogP contribution in [0, 0.1) is 0 Å². The molecule has 0 bridgehead atoms. The topological polar surface area (TPSA) is 36.1 Å². The summed E-state index contributed by atoms with van der Waals surface area (Å²) in [5.74, 6) is 0.353. The van der Waals surface area contributed by atoms with E-state index in [-0.39, 0.29) is 0 Å². The monoisotopic (exact) mass is 367 g/mol. The second-order valence-corrected chi connectivity index (χ2v) is 7.41. The van der Waals surface area contributed by atoms with Crippen molar-refractivity contribution in [3.63, 3.8) is 0 Å². The third-order valence-electron chi connectivity index (χ3n) is 5.04. The number of hydrogen-bond acceptors (Lipinski definition) is 2. The van der Waals surface area contributed by atoms with E-state index in [2.05, 4.69) is 83.5 Å². The van der Waals surface area contributed by atoms with Gasteiger partial charge in [-0.25, -0.2) is 0 Å². The minimum absolute atomic E-state index is 0.353. The van der Waals surface area contributed by atoms with Crippen molar-refractivity contribution in [3.05, 3.63) is 71.8 Å². The molecule has 2 aromatic rings. The van der Waals surface area contributed by atoms with Gasteiger partial charge < -0.3 is 16.0 Å². The van der Waals surface area contributed by atoms with Crippen molar-refractivity contribution >= 4 is 17.3 Å². The Hall–Kier alpha value is -1.91. The van der Waals surface area contributed by atoms with Crippen LogP contribution in [0.2, 0.25) is 0 Å². The minimum Gasteiger partial charge on any atom is -0.363 e. The Labute approximate surface area is 162 Å². The number of nitrogens with one attached hydrogen (secondary N) is 3. The molecule has 1 aliphatic heterocycles. The Bertz CT molecular complexity index is 635. The first-order valence-corrected chi connectivity index (χ1v) is 10.1. The van der Waals surface area contributed by atoms with Gasteiger partial charge in [0.15, 0.2) is 5.11 Å². The highest BCUT2D eigenvalue weighted by Crippen LogP contribution is 2.32. The van der Waals surface area contributed by atoms with E-state index in [1.165, 1.54) is 17.5 Å². The number of benzene rings is 2. The van der Waals surface area contributed by atoms with Crippen LogP contribution >= 0.6 is 12.2 Å². The summed E-state index contributed by atoms with van der Waals surface area (Å²) >= 11 is 5.45. The zero-order chi connectivity index (χ0) is 18.2. The van der Waals surface area contributed by atoms with Crippen LogP contribution in [0.1, 0.15) is 43.2 Å². The maximum Gasteiger partial charge on any atom is 0.166 e. The minimum atomic E-state index is 0.353. The highest BCUT2D eigenvalue weighted by atomic mass is 32.1. The Morgan fingerprint density at radius 2 is 1.69 bits per heavy atom. The molecule has 0 amide bonds. The summed E-state index contributed by atoms with van der Waals surface area (Å²) in [4.78, 5) is 0. The summed E-state index contributed by atoms with van der Waals surface area (Å²) in [7, 11) is 0. The summed E-state index contributed by atoms with van der Waals surface area (Å²) in [6.45, 7) is 4.08. The van der Waals surface area contributed by atoms with Crippen molar-refractivity contribution in [1.82, 2.24) is 16.0 Å². The lowest BCUT2D eigenvalue weighted by atomic mass is 9.84. The van der Waals surface area contributed by atoms with Crippen LogP contribution in [0.5, 0.6) is 0 Å². The fourth-order valence-electron chi connectivity index (χ4n) is 3.72. The fourth-order valence-corrected chi connectivity index (χ4v) is 3.99. The van der Waals surface area contributed by atoms with E-state index < -0.39 is 0 Å². The van der Waals surface area contributed by atoms with Gasteiger partial charge in [-0.3, -0.25) is 0 Å². The van der Waals surface area contributed by atoms with E-state index in [4.69, 9.17) is 12.2 Å². The predicted octanol–water partition coefficient (Wildman–Crippen LogP) is 3.81. The summed E-state index contributed by atoms with van der Waals surface area (Å²) in [6.07, 6.45) is 3.39. The Morgan fingerprint density at radius 1 is 1.08 bits per heavy atom. The molecule has 3 rings (SSSR count). The second kappa shape index (κ2) is 9.70. The van der Waals surface area contributed by atoms with Crippen LogP contribution in [0.3, 0.4) is 0 Å². The van der Waals surface area contributed by atoms with Gasteiger partial charge >= 0.3 is 0 Å². The van der Waals surface area contributed by atoms with Crippen LogP contribution in [0.15, 0.2) is 60.7 Å². The molecule has 2 unspecified atom stereocenters. The summed E-state index contributed by atoms with van der Waals surface area (Å²) in [5.41, 5.74) is 2.72. The molecule has 0 spiro atoms. The predicted molar refractivity (Wildman–Crippen MR) is 114 cm³/mol. The molecule has 26 heavy (non-hydrogen) atoms. The average Bonchev–Trinajstić information content (AvgIpc) is 3.12. The molecular formula is C22H29N3S. The molecule has 1 saturated heterocycles. The van der Waals surface area contributed by atoms with Crippen molar-refractivity contribution < 1.29 is 0 Å². The van der Waals surface area contributed by atoms with Crippen LogP contribution in [0.4, 0.5) is 0 Å². The summed E-state index contributed by atoms with van der Waals surface area (Å²) in [6, 6.07) is 22.4. The van der Waals surface area contributed by atoms with Gasteiger partial charge in [0.25, 0.3) is 0 Å². The van der Waals surface area contributed by atoms with E-state index >= 15 is 0 Å². The zero-order valence-corrected chi connectivity index (χ0v) is 16.3. The third-order valence-corrected chi connectivity index (χ3v) is 5.30. The SMILES string of the molecule is CCCCNC(=S)NC1CNC(C(c2ccccc2)c2ccccc2)C1. The standard InChI is InChI=1S/C22H29N3S/c1-2-3-14-23-22(26)25-19-15-20(24-16-19)21(17-10-6-4-7-11-17)18-12-8-5-9-13-18/h4-13,19-21,24H,2-3,14-16H2,1H3,(H2,23,25,26). The van der Waals surface area contributed by atoms with Gasteiger partial charge in [-0.2, -0.15) is 0 Å². The third kappa shape index (κ3) is 5.05. The largest absolute Gasteiger partial charge is 0.363 e. The van der Waals surface area contributed by atoms with Crippen LogP contribution in [-0.4, -0.2) is 30.3 Å². The van der Waals surface area contributed by atoms with E-state index in [1.807, 2.05) is 0 Å². The van der Waals surface area contributed by atoms with Crippen LogP contribution in [0.25, 0.3) is 0 Å². The van der Waals surface area contributed by atoms with Crippen LogP contribution < -0.4 is 16.0 Å². The van der Waals surface area contributed by atoms with E-state index in [9.17, 15) is 0 Å². The molecule has 0 saturated carbocycles. The first-order valence-electron chi connectivity index (χ1n) is 9.65. The highest BCUT2D eigenvalue weighted by molar-refractivity contribution is 7.80.